The molecule has 0 atom stereocenters. The van der Waals surface area contributed by atoms with Gasteiger partial charge in [0.25, 0.3) is 0 Å². The van der Waals surface area contributed by atoms with E-state index in [1.165, 1.54) is 25.0 Å². The number of hydrogen-bond donors (Lipinski definition) is 0. The first-order valence-corrected chi connectivity index (χ1v) is 6.03. The third-order valence-electron chi connectivity index (χ3n) is 2.39. The molecule has 0 aliphatic heterocycles. The van der Waals surface area contributed by atoms with Gasteiger partial charge in [-0.1, -0.05) is 36.4 Å². The minimum atomic E-state index is 1.22. The largest absolute Gasteiger partial charge is 0.128 e. The number of rotatable bonds is 0. The maximum absolute atomic E-state index is 3.61. The van der Waals surface area contributed by atoms with E-state index in [9.17, 15) is 0 Å². The molecule has 1 aliphatic rings. The van der Waals surface area contributed by atoms with Gasteiger partial charge >= 0.3 is 0 Å². The Kier molecular flexibility index (Phi) is 1.85. The number of halogens is 1. The molecule has 2 heteroatoms. The molecule has 0 saturated carbocycles. The highest BCUT2D eigenvalue weighted by molar-refractivity contribution is 9.11. The Bertz CT molecular complexity index is 561. The summed E-state index contributed by atoms with van der Waals surface area (Å²) < 4.78 is 2.57. The molecule has 1 heterocycles. The third-order valence-corrected chi connectivity index (χ3v) is 4.26. The van der Waals surface area contributed by atoms with Crippen LogP contribution in [0.5, 0.6) is 0 Å². The molecular formula is C12H7BrS. The quantitative estimate of drug-likeness (QED) is 0.646. The van der Waals surface area contributed by atoms with Gasteiger partial charge in [-0.2, -0.15) is 0 Å². The topological polar surface area (TPSA) is 0 Å². The van der Waals surface area contributed by atoms with Crippen LogP contribution in [0.3, 0.4) is 0 Å². The smallest absolute Gasteiger partial charge is 0.0783 e. The summed E-state index contributed by atoms with van der Waals surface area (Å²) in [7, 11) is 0. The van der Waals surface area contributed by atoms with Gasteiger partial charge in [-0.25, -0.2) is 0 Å². The van der Waals surface area contributed by atoms with E-state index in [4.69, 9.17) is 0 Å². The molecule has 68 valence electrons. The van der Waals surface area contributed by atoms with E-state index in [-0.39, 0.29) is 0 Å². The predicted molar refractivity (Wildman–Crippen MR) is 67.6 cm³/mol. The molecule has 0 unspecified atom stereocenters. The van der Waals surface area contributed by atoms with Gasteiger partial charge < -0.3 is 0 Å². The van der Waals surface area contributed by atoms with Crippen molar-refractivity contribution >= 4 is 49.5 Å². The average Bonchev–Trinajstić information content (AvgIpc) is 2.39. The van der Waals surface area contributed by atoms with Crippen molar-refractivity contribution in [3.8, 4) is 0 Å². The van der Waals surface area contributed by atoms with Gasteiger partial charge in [-0.3, -0.25) is 0 Å². The van der Waals surface area contributed by atoms with Gasteiger partial charge in [-0.05, 0) is 27.6 Å². The lowest BCUT2D eigenvalue weighted by atomic mass is 10.1. The Morgan fingerprint density at radius 2 is 1.93 bits per heavy atom. The van der Waals surface area contributed by atoms with Crippen LogP contribution in [-0.4, -0.2) is 0 Å². The molecule has 14 heavy (non-hydrogen) atoms. The average molecular weight is 263 g/mol. The second-order valence-corrected chi connectivity index (χ2v) is 5.60. The molecule has 0 amide bonds. The van der Waals surface area contributed by atoms with Crippen LogP contribution in [0.25, 0.3) is 22.2 Å². The zero-order valence-corrected chi connectivity index (χ0v) is 9.73. The molecule has 0 radical (unpaired) electrons. The van der Waals surface area contributed by atoms with Crippen molar-refractivity contribution in [2.24, 2.45) is 0 Å². The maximum atomic E-state index is 3.61. The molecule has 0 spiro atoms. The highest BCUT2D eigenvalue weighted by Crippen LogP contribution is 2.39. The van der Waals surface area contributed by atoms with Crippen LogP contribution >= 0.6 is 27.3 Å². The summed E-state index contributed by atoms with van der Waals surface area (Å²) in [5.74, 6) is 0. The first-order chi connectivity index (χ1) is 6.86. The molecule has 1 aromatic heterocycles. The van der Waals surface area contributed by atoms with E-state index in [1.807, 2.05) is 0 Å². The van der Waals surface area contributed by atoms with Crippen LogP contribution in [0, 0.1) is 0 Å². The fourth-order valence-electron chi connectivity index (χ4n) is 1.77. The zero-order chi connectivity index (χ0) is 9.54. The SMILES string of the molecule is Brc1sc2cccc3c2c1C=CC=C3. The van der Waals surface area contributed by atoms with Gasteiger partial charge in [0, 0.05) is 15.6 Å². The molecule has 3 rings (SSSR count). The third kappa shape index (κ3) is 1.11. The van der Waals surface area contributed by atoms with Gasteiger partial charge in [0.15, 0.2) is 0 Å². The second kappa shape index (κ2) is 3.07. The first-order valence-electron chi connectivity index (χ1n) is 4.42. The summed E-state index contributed by atoms with van der Waals surface area (Å²) in [5.41, 5.74) is 2.62. The summed E-state index contributed by atoms with van der Waals surface area (Å²) in [6.07, 6.45) is 8.50. The second-order valence-electron chi connectivity index (χ2n) is 3.23. The first kappa shape index (κ1) is 8.45. The van der Waals surface area contributed by atoms with Gasteiger partial charge in [-0.15, -0.1) is 11.3 Å². The Labute approximate surface area is 94.7 Å². The molecule has 2 aromatic rings. The van der Waals surface area contributed by atoms with E-state index in [0.717, 1.165) is 0 Å². The van der Waals surface area contributed by atoms with Crippen LogP contribution in [0.4, 0.5) is 0 Å². The predicted octanol–water partition coefficient (Wildman–Crippen LogP) is 4.70. The fourth-order valence-corrected chi connectivity index (χ4v) is 3.57. The molecule has 0 bridgehead atoms. The Balaban J connectivity index is 2.57. The maximum Gasteiger partial charge on any atom is 0.0783 e. The van der Waals surface area contributed by atoms with Gasteiger partial charge in [0.2, 0.25) is 0 Å². The highest BCUT2D eigenvalue weighted by Gasteiger charge is 2.10. The van der Waals surface area contributed by atoms with Crippen LogP contribution in [0.2, 0.25) is 0 Å². The number of hydrogen-bond acceptors (Lipinski definition) is 1. The van der Waals surface area contributed by atoms with Crippen molar-refractivity contribution in [2.45, 2.75) is 0 Å². The van der Waals surface area contributed by atoms with Crippen molar-refractivity contribution in [3.63, 3.8) is 0 Å². The number of benzene rings is 1. The molecule has 0 nitrogen and oxygen atoms in total. The van der Waals surface area contributed by atoms with Crippen LogP contribution in [-0.2, 0) is 0 Å². The van der Waals surface area contributed by atoms with Crippen LogP contribution in [0.1, 0.15) is 11.1 Å². The minimum absolute atomic E-state index is 1.22. The van der Waals surface area contributed by atoms with Gasteiger partial charge in [0.1, 0.15) is 0 Å². The molecular weight excluding hydrogens is 256 g/mol. The van der Waals surface area contributed by atoms with Crippen molar-refractivity contribution in [1.82, 2.24) is 0 Å². The minimum Gasteiger partial charge on any atom is -0.128 e. The normalized spacial score (nSPS) is 13.5. The van der Waals surface area contributed by atoms with Crippen LogP contribution < -0.4 is 0 Å². The Hall–Kier alpha value is -0.860. The van der Waals surface area contributed by atoms with E-state index >= 15 is 0 Å². The molecule has 0 fully saturated rings. The van der Waals surface area contributed by atoms with Crippen molar-refractivity contribution < 1.29 is 0 Å². The van der Waals surface area contributed by atoms with Crippen LogP contribution in [0.15, 0.2) is 34.1 Å². The zero-order valence-electron chi connectivity index (χ0n) is 7.33. The monoisotopic (exact) mass is 262 g/mol. The lowest BCUT2D eigenvalue weighted by molar-refractivity contribution is 1.77. The van der Waals surface area contributed by atoms with E-state index in [2.05, 4.69) is 58.4 Å². The van der Waals surface area contributed by atoms with Crippen molar-refractivity contribution in [3.05, 3.63) is 45.3 Å². The summed E-state index contributed by atoms with van der Waals surface area (Å²) in [6.45, 7) is 0. The number of thiophene rings is 1. The number of allylic oxidation sites excluding steroid dienone is 2. The molecule has 0 N–H and O–H groups in total. The fraction of sp³-hybridized carbons (Fsp3) is 0. The van der Waals surface area contributed by atoms with E-state index in [0.29, 0.717) is 0 Å². The van der Waals surface area contributed by atoms with E-state index < -0.39 is 0 Å². The Morgan fingerprint density at radius 1 is 1.07 bits per heavy atom. The molecule has 1 aromatic carbocycles. The molecule has 1 aliphatic carbocycles. The summed E-state index contributed by atoms with van der Waals surface area (Å²) >= 11 is 5.41. The standard InChI is InChI=1S/C12H7BrS/c13-12-9-6-2-1-4-8-5-3-7-10(14-12)11(8)9/h1-7H. The highest BCUT2D eigenvalue weighted by atomic mass is 79.9. The lowest BCUT2D eigenvalue weighted by Crippen LogP contribution is -1.74. The Morgan fingerprint density at radius 3 is 2.86 bits per heavy atom. The lowest BCUT2D eigenvalue weighted by Gasteiger charge is -1.96. The van der Waals surface area contributed by atoms with E-state index in [1.54, 1.807) is 11.3 Å². The summed E-state index contributed by atoms with van der Waals surface area (Å²) in [4.78, 5) is 0. The summed E-state index contributed by atoms with van der Waals surface area (Å²) in [5, 5.41) is 1.37. The van der Waals surface area contributed by atoms with Gasteiger partial charge in [0.05, 0.1) is 3.79 Å². The molecule has 0 saturated heterocycles. The van der Waals surface area contributed by atoms with Crippen molar-refractivity contribution in [1.29, 1.82) is 0 Å². The van der Waals surface area contributed by atoms with Crippen molar-refractivity contribution in [2.75, 3.05) is 0 Å². The summed E-state index contributed by atoms with van der Waals surface area (Å²) in [6, 6.07) is 6.44.